The van der Waals surface area contributed by atoms with Gasteiger partial charge in [-0.3, -0.25) is 4.99 Å². The molecule has 0 radical (unpaired) electrons. The standard InChI is InChI=1S/C23H23FN4O2.HI/c1-25-23(28-15-20-13-17-4-2-3-5-21(17)29-20)27-14-16-10-11-26-22(12-16)30-19-8-6-18(24)7-9-19;/h2-12,20H,13-15H2,1H3,(H2,25,27,28);1H. The second-order valence-corrected chi connectivity index (χ2v) is 6.92. The Kier molecular flexibility index (Phi) is 8.05. The lowest BCUT2D eigenvalue weighted by atomic mass is 10.1. The number of hydrogen-bond donors (Lipinski definition) is 2. The van der Waals surface area contributed by atoms with Gasteiger partial charge in [0.15, 0.2) is 5.96 Å². The van der Waals surface area contributed by atoms with Gasteiger partial charge in [0.25, 0.3) is 0 Å². The molecule has 1 aliphatic rings. The smallest absolute Gasteiger partial charge is 0.219 e. The molecule has 0 amide bonds. The number of aromatic nitrogens is 1. The van der Waals surface area contributed by atoms with E-state index in [9.17, 15) is 4.39 Å². The van der Waals surface area contributed by atoms with Gasteiger partial charge < -0.3 is 20.1 Å². The van der Waals surface area contributed by atoms with E-state index >= 15 is 0 Å². The van der Waals surface area contributed by atoms with Gasteiger partial charge in [-0.1, -0.05) is 18.2 Å². The van der Waals surface area contributed by atoms with Crippen molar-refractivity contribution < 1.29 is 13.9 Å². The highest BCUT2D eigenvalue weighted by Gasteiger charge is 2.22. The molecule has 0 spiro atoms. The number of nitrogens with one attached hydrogen (secondary N) is 2. The molecule has 1 aromatic heterocycles. The average molecular weight is 534 g/mol. The molecular formula is C23H24FIN4O2. The first-order valence-corrected chi connectivity index (χ1v) is 9.77. The van der Waals surface area contributed by atoms with Crippen molar-refractivity contribution in [1.29, 1.82) is 0 Å². The zero-order valence-electron chi connectivity index (χ0n) is 17.0. The fourth-order valence-corrected chi connectivity index (χ4v) is 3.22. The molecule has 0 saturated heterocycles. The number of guanidine groups is 1. The third-order valence-corrected chi connectivity index (χ3v) is 4.73. The molecule has 0 fully saturated rings. The normalized spacial score (nSPS) is 14.8. The Bertz CT molecular complexity index is 1010. The highest BCUT2D eigenvalue weighted by molar-refractivity contribution is 14.0. The van der Waals surface area contributed by atoms with Crippen LogP contribution in [-0.4, -0.2) is 30.6 Å². The van der Waals surface area contributed by atoms with Crippen molar-refractivity contribution in [3.63, 3.8) is 0 Å². The summed E-state index contributed by atoms with van der Waals surface area (Å²) in [7, 11) is 1.73. The van der Waals surface area contributed by atoms with Crippen LogP contribution in [0.4, 0.5) is 4.39 Å². The maximum Gasteiger partial charge on any atom is 0.219 e. The molecule has 0 bridgehead atoms. The Morgan fingerprint density at radius 1 is 1.16 bits per heavy atom. The van der Waals surface area contributed by atoms with E-state index in [2.05, 4.69) is 26.7 Å². The van der Waals surface area contributed by atoms with Crippen LogP contribution in [0.5, 0.6) is 17.4 Å². The van der Waals surface area contributed by atoms with Crippen molar-refractivity contribution in [3.05, 3.63) is 83.8 Å². The zero-order valence-corrected chi connectivity index (χ0v) is 19.4. The van der Waals surface area contributed by atoms with Crippen LogP contribution in [0, 0.1) is 5.82 Å². The van der Waals surface area contributed by atoms with Crippen molar-refractivity contribution in [2.45, 2.75) is 19.1 Å². The van der Waals surface area contributed by atoms with Gasteiger partial charge >= 0.3 is 0 Å². The number of rotatable bonds is 6. The zero-order chi connectivity index (χ0) is 20.8. The summed E-state index contributed by atoms with van der Waals surface area (Å²) in [6, 6.07) is 17.7. The molecule has 6 nitrogen and oxygen atoms in total. The SMILES string of the molecule is CN=C(NCc1ccnc(Oc2ccc(F)cc2)c1)NCC1Cc2ccccc2O1.I. The van der Waals surface area contributed by atoms with E-state index in [1.54, 1.807) is 25.4 Å². The third-order valence-electron chi connectivity index (χ3n) is 4.73. The van der Waals surface area contributed by atoms with E-state index < -0.39 is 0 Å². The highest BCUT2D eigenvalue weighted by atomic mass is 127. The maximum atomic E-state index is 13.0. The quantitative estimate of drug-likeness (QED) is 0.281. The molecule has 1 unspecified atom stereocenters. The highest BCUT2D eigenvalue weighted by Crippen LogP contribution is 2.27. The minimum Gasteiger partial charge on any atom is -0.488 e. The van der Waals surface area contributed by atoms with Crippen LogP contribution in [0.1, 0.15) is 11.1 Å². The van der Waals surface area contributed by atoms with Gasteiger partial charge in [0.2, 0.25) is 5.88 Å². The molecule has 2 N–H and O–H groups in total. The van der Waals surface area contributed by atoms with E-state index in [4.69, 9.17) is 9.47 Å². The topological polar surface area (TPSA) is 67.8 Å². The Morgan fingerprint density at radius 2 is 1.97 bits per heavy atom. The molecule has 4 rings (SSSR count). The molecule has 1 aliphatic heterocycles. The number of ether oxygens (including phenoxy) is 2. The van der Waals surface area contributed by atoms with Crippen LogP contribution >= 0.6 is 24.0 Å². The van der Waals surface area contributed by atoms with Gasteiger partial charge in [-0.2, -0.15) is 0 Å². The summed E-state index contributed by atoms with van der Waals surface area (Å²) in [5.41, 5.74) is 2.22. The molecule has 1 atom stereocenters. The van der Waals surface area contributed by atoms with Crippen LogP contribution in [0.15, 0.2) is 71.9 Å². The lowest BCUT2D eigenvalue weighted by Crippen LogP contribution is -2.41. The second kappa shape index (κ2) is 10.9. The number of aliphatic imine (C=N–C) groups is 1. The predicted octanol–water partition coefficient (Wildman–Crippen LogP) is 4.30. The minimum atomic E-state index is -0.306. The lowest BCUT2D eigenvalue weighted by molar-refractivity contribution is 0.235. The van der Waals surface area contributed by atoms with Crippen molar-refractivity contribution in [1.82, 2.24) is 15.6 Å². The number of fused-ring (bicyclic) bond motifs is 1. The predicted molar refractivity (Wildman–Crippen MR) is 129 cm³/mol. The van der Waals surface area contributed by atoms with Gasteiger partial charge in [-0.05, 0) is 47.5 Å². The summed E-state index contributed by atoms with van der Waals surface area (Å²) in [4.78, 5) is 8.47. The van der Waals surface area contributed by atoms with Crippen LogP contribution in [0.25, 0.3) is 0 Å². The summed E-state index contributed by atoms with van der Waals surface area (Å²) in [6.07, 6.45) is 2.64. The Hall–Kier alpha value is -2.88. The molecule has 0 aliphatic carbocycles. The van der Waals surface area contributed by atoms with E-state index in [0.717, 1.165) is 17.7 Å². The summed E-state index contributed by atoms with van der Waals surface area (Å²) in [6.45, 7) is 1.21. The van der Waals surface area contributed by atoms with Crippen molar-refractivity contribution in [3.8, 4) is 17.4 Å². The number of hydrogen-bond acceptors (Lipinski definition) is 4. The Labute approximate surface area is 197 Å². The number of benzene rings is 2. The monoisotopic (exact) mass is 534 g/mol. The molecule has 162 valence electrons. The van der Waals surface area contributed by atoms with Gasteiger partial charge in [-0.25, -0.2) is 9.37 Å². The number of para-hydroxylation sites is 1. The van der Waals surface area contributed by atoms with Crippen molar-refractivity contribution in [2.24, 2.45) is 4.99 Å². The summed E-state index contributed by atoms with van der Waals surface area (Å²) in [5.74, 6) is 2.31. The molecular weight excluding hydrogens is 510 g/mol. The van der Waals surface area contributed by atoms with Crippen LogP contribution in [0.2, 0.25) is 0 Å². The lowest BCUT2D eigenvalue weighted by Gasteiger charge is -2.16. The molecule has 3 aromatic rings. The molecule has 2 heterocycles. The first kappa shape index (κ1) is 22.8. The molecule has 31 heavy (non-hydrogen) atoms. The largest absolute Gasteiger partial charge is 0.488 e. The van der Waals surface area contributed by atoms with E-state index in [1.165, 1.54) is 17.7 Å². The fraction of sp³-hybridized carbons (Fsp3) is 0.217. The van der Waals surface area contributed by atoms with E-state index in [0.29, 0.717) is 30.7 Å². The maximum absolute atomic E-state index is 13.0. The number of nitrogens with zero attached hydrogens (tertiary/aromatic N) is 2. The first-order valence-electron chi connectivity index (χ1n) is 9.77. The van der Waals surface area contributed by atoms with Crippen molar-refractivity contribution >= 4 is 29.9 Å². The second-order valence-electron chi connectivity index (χ2n) is 6.92. The number of halogens is 2. The Morgan fingerprint density at radius 3 is 2.74 bits per heavy atom. The third kappa shape index (κ3) is 6.30. The fourth-order valence-electron chi connectivity index (χ4n) is 3.22. The molecule has 0 saturated carbocycles. The summed E-state index contributed by atoms with van der Waals surface area (Å²) >= 11 is 0. The Balaban J connectivity index is 0.00000272. The van der Waals surface area contributed by atoms with Gasteiger partial charge in [-0.15, -0.1) is 24.0 Å². The van der Waals surface area contributed by atoms with Gasteiger partial charge in [0.05, 0.1) is 6.54 Å². The van der Waals surface area contributed by atoms with Gasteiger partial charge in [0, 0.05) is 32.3 Å². The molecule has 2 aromatic carbocycles. The number of pyridine rings is 1. The first-order chi connectivity index (χ1) is 14.7. The van der Waals surface area contributed by atoms with Crippen LogP contribution in [0.3, 0.4) is 0 Å². The van der Waals surface area contributed by atoms with Gasteiger partial charge in [0.1, 0.15) is 23.4 Å². The van der Waals surface area contributed by atoms with E-state index in [1.807, 2.05) is 30.3 Å². The minimum absolute atomic E-state index is 0. The summed E-state index contributed by atoms with van der Waals surface area (Å²) in [5, 5.41) is 6.59. The average Bonchev–Trinajstić information content (AvgIpc) is 3.19. The van der Waals surface area contributed by atoms with E-state index in [-0.39, 0.29) is 35.9 Å². The van der Waals surface area contributed by atoms with Crippen LogP contribution < -0.4 is 20.1 Å². The van der Waals surface area contributed by atoms with Crippen LogP contribution in [-0.2, 0) is 13.0 Å². The van der Waals surface area contributed by atoms with Crippen molar-refractivity contribution in [2.75, 3.05) is 13.6 Å². The summed E-state index contributed by atoms with van der Waals surface area (Å²) < 4.78 is 24.7. The molecule has 8 heteroatoms.